The highest BCUT2D eigenvalue weighted by molar-refractivity contribution is 14.1. The number of hydrogen-bond donors (Lipinski definition) is 1. The molecule has 0 saturated heterocycles. The summed E-state index contributed by atoms with van der Waals surface area (Å²) in [6, 6.07) is 0. The summed E-state index contributed by atoms with van der Waals surface area (Å²) in [6.07, 6.45) is 6.96. The summed E-state index contributed by atoms with van der Waals surface area (Å²) >= 11 is 1.93. The first-order chi connectivity index (χ1) is 6.31. The Kier molecular flexibility index (Phi) is 10.7. The van der Waals surface area contributed by atoms with Gasteiger partial charge >= 0.3 is 0 Å². The molecule has 0 saturated carbocycles. The number of rotatable bonds is 8. The zero-order valence-corrected chi connectivity index (χ0v) is 10.1. The Morgan fingerprint density at radius 1 is 1.08 bits per heavy atom. The molecule has 13 heavy (non-hydrogen) atoms. The molecule has 0 spiro atoms. The van der Waals surface area contributed by atoms with Gasteiger partial charge in [0.2, 0.25) is 0 Å². The summed E-state index contributed by atoms with van der Waals surface area (Å²) in [7, 11) is 0. The smallest absolute Gasteiger partial charge is 0.106 e. The van der Waals surface area contributed by atoms with Crippen molar-refractivity contribution in [3.05, 3.63) is 9.91 Å². The SMILES string of the molecule is OCCCCCCCC/C(F)=C\I. The molecule has 0 amide bonds. The first-order valence-electron chi connectivity index (χ1n) is 4.87. The van der Waals surface area contributed by atoms with Crippen LogP contribution >= 0.6 is 22.6 Å². The molecule has 0 aromatic rings. The molecule has 0 rings (SSSR count). The zero-order chi connectivity index (χ0) is 9.94. The minimum absolute atomic E-state index is 0.00374. The number of halogens is 2. The minimum atomic E-state index is -0.00374. The minimum Gasteiger partial charge on any atom is -0.396 e. The maximum absolute atomic E-state index is 12.6. The molecule has 0 heterocycles. The van der Waals surface area contributed by atoms with Gasteiger partial charge in [0.1, 0.15) is 5.83 Å². The highest BCUT2D eigenvalue weighted by Gasteiger charge is 1.94. The highest BCUT2D eigenvalue weighted by atomic mass is 127. The van der Waals surface area contributed by atoms with Gasteiger partial charge in [0, 0.05) is 10.7 Å². The average Bonchev–Trinajstić information content (AvgIpc) is 2.16. The van der Waals surface area contributed by atoms with E-state index in [0.29, 0.717) is 13.0 Å². The summed E-state index contributed by atoms with van der Waals surface area (Å²) in [4.78, 5) is 0. The van der Waals surface area contributed by atoms with Crippen molar-refractivity contribution >= 4 is 22.6 Å². The third kappa shape index (κ3) is 10.3. The van der Waals surface area contributed by atoms with E-state index >= 15 is 0 Å². The molecule has 0 aliphatic heterocycles. The van der Waals surface area contributed by atoms with Crippen LogP contribution in [0.5, 0.6) is 0 Å². The molecule has 0 aromatic carbocycles. The van der Waals surface area contributed by atoms with Crippen molar-refractivity contribution in [1.82, 2.24) is 0 Å². The lowest BCUT2D eigenvalue weighted by atomic mass is 10.1. The summed E-state index contributed by atoms with van der Waals surface area (Å²) < 4.78 is 14.1. The lowest BCUT2D eigenvalue weighted by Crippen LogP contribution is -1.84. The molecular weight excluding hydrogens is 282 g/mol. The Morgan fingerprint density at radius 2 is 1.62 bits per heavy atom. The lowest BCUT2D eigenvalue weighted by Gasteiger charge is -1.99. The summed E-state index contributed by atoms with van der Waals surface area (Å²) in [5.74, 6) is -0.00374. The van der Waals surface area contributed by atoms with E-state index in [1.165, 1.54) is 4.08 Å². The monoisotopic (exact) mass is 300 g/mol. The van der Waals surface area contributed by atoms with Crippen LogP contribution in [0, 0.1) is 0 Å². The van der Waals surface area contributed by atoms with Gasteiger partial charge in [-0.3, -0.25) is 0 Å². The molecule has 0 bridgehead atoms. The lowest BCUT2D eigenvalue weighted by molar-refractivity contribution is 0.282. The predicted molar refractivity (Wildman–Crippen MR) is 62.6 cm³/mol. The van der Waals surface area contributed by atoms with E-state index in [0.717, 1.165) is 38.5 Å². The number of allylic oxidation sites excluding steroid dienone is 1. The Morgan fingerprint density at radius 3 is 2.15 bits per heavy atom. The third-order valence-electron chi connectivity index (χ3n) is 1.94. The Hall–Kier alpha value is 0.360. The quantitative estimate of drug-likeness (QED) is 0.531. The molecule has 0 fully saturated rings. The first kappa shape index (κ1) is 13.4. The van der Waals surface area contributed by atoms with E-state index in [1.807, 2.05) is 22.6 Å². The highest BCUT2D eigenvalue weighted by Crippen LogP contribution is 2.13. The van der Waals surface area contributed by atoms with Gasteiger partial charge in [-0.05, 0) is 19.3 Å². The van der Waals surface area contributed by atoms with Crippen LogP contribution < -0.4 is 0 Å². The van der Waals surface area contributed by atoms with Crippen molar-refractivity contribution in [2.24, 2.45) is 0 Å². The Labute approximate surface area is 93.6 Å². The molecule has 0 atom stereocenters. The van der Waals surface area contributed by atoms with Crippen LogP contribution in [-0.2, 0) is 0 Å². The van der Waals surface area contributed by atoms with Crippen LogP contribution in [0.25, 0.3) is 0 Å². The summed E-state index contributed by atoms with van der Waals surface area (Å²) in [6.45, 7) is 0.298. The summed E-state index contributed by atoms with van der Waals surface area (Å²) in [5.41, 5.74) is 0. The number of unbranched alkanes of at least 4 members (excludes halogenated alkanes) is 5. The van der Waals surface area contributed by atoms with Crippen molar-refractivity contribution in [3.8, 4) is 0 Å². The maximum Gasteiger partial charge on any atom is 0.106 e. The van der Waals surface area contributed by atoms with Gasteiger partial charge in [0.05, 0.1) is 0 Å². The predicted octanol–water partition coefficient (Wildman–Crippen LogP) is 3.96. The molecular formula is C10H18FIO. The Balaban J connectivity index is 3.00. The van der Waals surface area contributed by atoms with E-state index in [1.54, 1.807) is 0 Å². The van der Waals surface area contributed by atoms with Crippen molar-refractivity contribution in [1.29, 1.82) is 0 Å². The zero-order valence-electron chi connectivity index (χ0n) is 7.94. The van der Waals surface area contributed by atoms with Gasteiger partial charge in [-0.2, -0.15) is 0 Å². The van der Waals surface area contributed by atoms with Gasteiger partial charge in [-0.25, -0.2) is 4.39 Å². The van der Waals surface area contributed by atoms with Crippen LogP contribution in [0.15, 0.2) is 9.91 Å². The van der Waals surface area contributed by atoms with Crippen LogP contribution in [0.4, 0.5) is 4.39 Å². The van der Waals surface area contributed by atoms with Crippen molar-refractivity contribution in [2.45, 2.75) is 44.9 Å². The molecule has 0 aromatic heterocycles. The summed E-state index contributed by atoms with van der Waals surface area (Å²) in [5, 5.41) is 8.52. The van der Waals surface area contributed by atoms with Gasteiger partial charge < -0.3 is 5.11 Å². The second kappa shape index (κ2) is 10.4. The largest absolute Gasteiger partial charge is 0.396 e. The molecule has 78 valence electrons. The van der Waals surface area contributed by atoms with E-state index in [-0.39, 0.29) is 5.83 Å². The maximum atomic E-state index is 12.6. The number of hydrogen-bond acceptors (Lipinski definition) is 1. The fourth-order valence-electron chi connectivity index (χ4n) is 1.17. The van der Waals surface area contributed by atoms with Crippen molar-refractivity contribution in [2.75, 3.05) is 6.61 Å². The van der Waals surface area contributed by atoms with Gasteiger partial charge in [0.15, 0.2) is 0 Å². The standard InChI is InChI=1S/C10H18FIO/c11-10(9-12)7-5-3-1-2-4-6-8-13/h9,13H,1-8H2/b10-9+. The second-order valence-electron chi connectivity index (χ2n) is 3.15. The van der Waals surface area contributed by atoms with E-state index in [4.69, 9.17) is 5.11 Å². The van der Waals surface area contributed by atoms with E-state index < -0.39 is 0 Å². The topological polar surface area (TPSA) is 20.2 Å². The van der Waals surface area contributed by atoms with Crippen molar-refractivity contribution < 1.29 is 9.50 Å². The third-order valence-corrected chi connectivity index (χ3v) is 2.62. The van der Waals surface area contributed by atoms with Crippen molar-refractivity contribution in [3.63, 3.8) is 0 Å². The molecule has 0 unspecified atom stereocenters. The molecule has 3 heteroatoms. The molecule has 0 aliphatic rings. The van der Waals surface area contributed by atoms with E-state index in [2.05, 4.69) is 0 Å². The van der Waals surface area contributed by atoms with E-state index in [9.17, 15) is 4.39 Å². The normalized spacial score (nSPS) is 12.1. The van der Waals surface area contributed by atoms with Crippen LogP contribution in [0.1, 0.15) is 44.9 Å². The molecule has 0 aliphatic carbocycles. The fourth-order valence-corrected chi connectivity index (χ4v) is 1.48. The molecule has 0 radical (unpaired) electrons. The second-order valence-corrected chi connectivity index (χ2v) is 3.77. The first-order valence-corrected chi connectivity index (χ1v) is 6.11. The van der Waals surface area contributed by atoms with Crippen LogP contribution in [0.3, 0.4) is 0 Å². The Bertz CT molecular complexity index is 137. The number of aliphatic hydroxyl groups is 1. The van der Waals surface area contributed by atoms with Gasteiger partial charge in [-0.15, -0.1) is 0 Å². The van der Waals surface area contributed by atoms with Gasteiger partial charge in [0.25, 0.3) is 0 Å². The van der Waals surface area contributed by atoms with Gasteiger partial charge in [-0.1, -0.05) is 48.3 Å². The van der Waals surface area contributed by atoms with Crippen LogP contribution in [-0.4, -0.2) is 11.7 Å². The average molecular weight is 300 g/mol. The number of aliphatic hydroxyl groups excluding tert-OH is 1. The fraction of sp³-hybridized carbons (Fsp3) is 0.800. The molecule has 1 N–H and O–H groups in total. The molecule has 1 nitrogen and oxygen atoms in total. The van der Waals surface area contributed by atoms with Crippen LogP contribution in [0.2, 0.25) is 0 Å².